The van der Waals surface area contributed by atoms with Gasteiger partial charge in [-0.1, -0.05) is 111 Å². The molecule has 0 spiro atoms. The van der Waals surface area contributed by atoms with Crippen LogP contribution in [0.25, 0.3) is 98.3 Å². The summed E-state index contributed by atoms with van der Waals surface area (Å²) in [6.45, 7) is 4.32. The molecule has 0 radical (unpaired) electrons. The van der Waals surface area contributed by atoms with Crippen molar-refractivity contribution in [3.05, 3.63) is 192 Å². The van der Waals surface area contributed by atoms with E-state index in [4.69, 9.17) is 0 Å². The predicted molar refractivity (Wildman–Crippen MR) is 254 cm³/mol. The van der Waals surface area contributed by atoms with Crippen LogP contribution in [0.1, 0.15) is 25.0 Å². The molecular formula is C55H36N2O2S2. The quantitative estimate of drug-likeness (QED) is 0.177. The average molecular weight is 821 g/mol. The molecule has 5 heterocycles. The van der Waals surface area contributed by atoms with Gasteiger partial charge in [0, 0.05) is 43.4 Å². The maximum absolute atomic E-state index is 14.5. The summed E-state index contributed by atoms with van der Waals surface area (Å²) in [5.74, 6) is 0. The Hall–Kier alpha value is -6.99. The van der Waals surface area contributed by atoms with E-state index in [-0.39, 0.29) is 0 Å². The fourth-order valence-corrected chi connectivity index (χ4v) is 13.3. The minimum Gasteiger partial charge on any atom is -0.309 e. The van der Waals surface area contributed by atoms with Crippen LogP contribution >= 0.6 is 11.3 Å². The van der Waals surface area contributed by atoms with E-state index in [0.29, 0.717) is 9.79 Å². The largest absolute Gasteiger partial charge is 0.309 e. The smallest absolute Gasteiger partial charge is 0.207 e. The summed E-state index contributed by atoms with van der Waals surface area (Å²) in [4.78, 5) is 2.03. The molecular weight excluding hydrogens is 785 g/mol. The number of hydrogen-bond acceptors (Lipinski definition) is 3. The van der Waals surface area contributed by atoms with Crippen molar-refractivity contribution in [2.75, 3.05) is 0 Å². The Balaban J connectivity index is 0.910. The van der Waals surface area contributed by atoms with Gasteiger partial charge in [-0.3, -0.25) is 4.40 Å². The highest BCUT2D eigenvalue weighted by Gasteiger charge is 2.41. The number of rotatable bonds is 4. The zero-order valence-electron chi connectivity index (χ0n) is 33.3. The van der Waals surface area contributed by atoms with Gasteiger partial charge in [0.1, 0.15) is 4.83 Å². The topological polar surface area (TPSA) is 43.5 Å². The molecule has 0 bridgehead atoms. The van der Waals surface area contributed by atoms with Crippen molar-refractivity contribution >= 4 is 80.4 Å². The standard InChI is InChI=1S/C55H36N2O2S2/c1-55(2)46-31-36(33-11-9-12-34(27-33)38-29-44-42-17-5-8-20-50(42)57-53(44)45(30-38)43-25-26-60-54(43)57)21-23-51(46)61(58,59)52-24-22-37(32-47(52)55)35-13-10-14-39(28-35)56-48-18-6-3-15-40(48)41-16-4-7-19-49(41)56/h3-32H,1-2H3. The molecule has 13 rings (SSSR count). The Kier molecular flexibility index (Phi) is 7.02. The molecule has 0 saturated heterocycles. The molecule has 0 atom stereocenters. The number of para-hydroxylation sites is 3. The first-order chi connectivity index (χ1) is 29.8. The van der Waals surface area contributed by atoms with Crippen LogP contribution in [-0.4, -0.2) is 17.4 Å². The second kappa shape index (κ2) is 12.3. The van der Waals surface area contributed by atoms with Crippen LogP contribution < -0.4 is 0 Å². The third kappa shape index (κ3) is 4.77. The third-order valence-electron chi connectivity index (χ3n) is 13.3. The van der Waals surface area contributed by atoms with Crippen molar-refractivity contribution in [3.63, 3.8) is 0 Å². The van der Waals surface area contributed by atoms with Crippen molar-refractivity contribution in [1.82, 2.24) is 8.97 Å². The first-order valence-corrected chi connectivity index (χ1v) is 23.0. The summed E-state index contributed by atoms with van der Waals surface area (Å²) in [6, 6.07) is 61.7. The number of nitrogens with zero attached hydrogens (tertiary/aromatic N) is 2. The van der Waals surface area contributed by atoms with Gasteiger partial charge in [0.2, 0.25) is 9.84 Å². The lowest BCUT2D eigenvalue weighted by atomic mass is 9.76. The Morgan fingerprint density at radius 1 is 0.443 bits per heavy atom. The van der Waals surface area contributed by atoms with Crippen molar-refractivity contribution in [2.45, 2.75) is 29.1 Å². The molecule has 290 valence electrons. The van der Waals surface area contributed by atoms with Crippen molar-refractivity contribution in [1.29, 1.82) is 0 Å². The van der Waals surface area contributed by atoms with E-state index in [1.54, 1.807) is 11.3 Å². The van der Waals surface area contributed by atoms with E-state index in [9.17, 15) is 8.42 Å². The van der Waals surface area contributed by atoms with Gasteiger partial charge in [-0.25, -0.2) is 8.42 Å². The number of sulfone groups is 1. The maximum Gasteiger partial charge on any atom is 0.207 e. The highest BCUT2D eigenvalue weighted by molar-refractivity contribution is 7.91. The average Bonchev–Trinajstić information content (AvgIpc) is 4.07. The van der Waals surface area contributed by atoms with Crippen molar-refractivity contribution in [2.24, 2.45) is 0 Å². The Morgan fingerprint density at radius 2 is 0.951 bits per heavy atom. The summed E-state index contributed by atoms with van der Waals surface area (Å²) < 4.78 is 33.7. The van der Waals surface area contributed by atoms with Crippen LogP contribution in [-0.2, 0) is 15.3 Å². The Bertz CT molecular complexity index is 3880. The third-order valence-corrected chi connectivity index (χ3v) is 16.1. The van der Waals surface area contributed by atoms with Crippen molar-refractivity contribution < 1.29 is 8.42 Å². The molecule has 4 aromatic heterocycles. The highest BCUT2D eigenvalue weighted by Crippen LogP contribution is 2.49. The molecule has 61 heavy (non-hydrogen) atoms. The van der Waals surface area contributed by atoms with E-state index in [0.717, 1.165) is 61.2 Å². The minimum absolute atomic E-state index is 0.376. The summed E-state index contributed by atoms with van der Waals surface area (Å²) in [5, 5.41) is 9.68. The number of benzene rings is 8. The van der Waals surface area contributed by atoms with Crippen molar-refractivity contribution in [3.8, 4) is 39.1 Å². The fraction of sp³-hybridized carbons (Fsp3) is 0.0545. The molecule has 1 aliphatic rings. The molecule has 8 aromatic carbocycles. The summed E-state index contributed by atoms with van der Waals surface area (Å²) >= 11 is 1.79. The molecule has 0 aliphatic carbocycles. The van der Waals surface area contributed by atoms with Gasteiger partial charge in [-0.15, -0.1) is 11.3 Å². The molecule has 0 fully saturated rings. The van der Waals surface area contributed by atoms with E-state index >= 15 is 0 Å². The summed E-state index contributed by atoms with van der Waals surface area (Å²) in [7, 11) is -3.77. The number of hydrogen-bond donors (Lipinski definition) is 0. The summed E-state index contributed by atoms with van der Waals surface area (Å²) in [6.07, 6.45) is 0. The van der Waals surface area contributed by atoms with Crippen LogP contribution in [0.2, 0.25) is 0 Å². The Morgan fingerprint density at radius 3 is 1.59 bits per heavy atom. The first kappa shape index (κ1) is 34.8. The zero-order chi connectivity index (χ0) is 40.8. The fourth-order valence-electron chi connectivity index (χ4n) is 10.4. The number of fused-ring (bicyclic) bond motifs is 11. The molecule has 1 aliphatic heterocycles. The normalized spacial score (nSPS) is 14.5. The number of aromatic nitrogens is 2. The summed E-state index contributed by atoms with van der Waals surface area (Å²) in [5.41, 5.74) is 13.2. The lowest BCUT2D eigenvalue weighted by Gasteiger charge is -2.35. The van der Waals surface area contributed by atoms with Crippen LogP contribution in [0.4, 0.5) is 0 Å². The van der Waals surface area contributed by atoms with Gasteiger partial charge in [-0.05, 0) is 129 Å². The first-order valence-electron chi connectivity index (χ1n) is 20.7. The van der Waals surface area contributed by atoms with Gasteiger partial charge >= 0.3 is 0 Å². The molecule has 0 amide bonds. The van der Waals surface area contributed by atoms with Crippen LogP contribution in [0.5, 0.6) is 0 Å². The highest BCUT2D eigenvalue weighted by atomic mass is 32.2. The molecule has 6 heteroatoms. The molecule has 0 saturated carbocycles. The minimum atomic E-state index is -3.77. The Labute approximate surface area is 356 Å². The second-order valence-corrected chi connectivity index (χ2v) is 19.7. The van der Waals surface area contributed by atoms with E-state index in [2.05, 4.69) is 180 Å². The molecule has 4 nitrogen and oxygen atoms in total. The molecule has 12 aromatic rings. The predicted octanol–water partition coefficient (Wildman–Crippen LogP) is 14.5. The zero-order valence-corrected chi connectivity index (χ0v) is 35.0. The SMILES string of the molecule is CC1(C)c2cc(-c3cccc(-c4cc5c6ccccc6n6c7sccc7c(c4)c56)c3)ccc2S(=O)(=O)c2ccc(-c3cccc(-n4c5ccccc5c5ccccc54)c3)cc21. The van der Waals surface area contributed by atoms with Gasteiger partial charge in [-0.2, -0.15) is 0 Å². The van der Waals surface area contributed by atoms with Gasteiger partial charge in [0.05, 0.1) is 31.9 Å². The maximum atomic E-state index is 14.5. The van der Waals surface area contributed by atoms with E-state index < -0.39 is 15.3 Å². The second-order valence-electron chi connectivity index (χ2n) is 17.0. The van der Waals surface area contributed by atoms with E-state index in [1.807, 2.05) is 24.3 Å². The van der Waals surface area contributed by atoms with Crippen LogP contribution in [0.3, 0.4) is 0 Å². The lowest BCUT2D eigenvalue weighted by molar-refractivity contribution is 0.556. The van der Waals surface area contributed by atoms with Gasteiger partial charge < -0.3 is 4.57 Å². The van der Waals surface area contributed by atoms with E-state index in [1.165, 1.54) is 48.2 Å². The number of thiophene rings is 1. The lowest BCUT2D eigenvalue weighted by Crippen LogP contribution is -2.30. The van der Waals surface area contributed by atoms with Gasteiger partial charge in [0.25, 0.3) is 0 Å². The monoisotopic (exact) mass is 820 g/mol. The molecule has 0 N–H and O–H groups in total. The van der Waals surface area contributed by atoms with Crippen LogP contribution in [0, 0.1) is 0 Å². The molecule has 0 unspecified atom stereocenters. The van der Waals surface area contributed by atoms with Crippen LogP contribution in [0.15, 0.2) is 191 Å². The van der Waals surface area contributed by atoms with Gasteiger partial charge in [0.15, 0.2) is 0 Å².